The van der Waals surface area contributed by atoms with Gasteiger partial charge in [0.2, 0.25) is 5.43 Å². The van der Waals surface area contributed by atoms with Crippen molar-refractivity contribution in [2.24, 2.45) is 0 Å². The van der Waals surface area contributed by atoms with E-state index in [0.29, 0.717) is 0 Å². The van der Waals surface area contributed by atoms with Crippen LogP contribution in [0.3, 0.4) is 0 Å². The van der Waals surface area contributed by atoms with E-state index in [-0.39, 0.29) is 16.8 Å². The Morgan fingerprint density at radius 3 is 2.03 bits per heavy atom. The largest absolute Gasteiger partial charge is 0.465 e. The molecule has 0 aliphatic rings. The molecule has 0 radical (unpaired) electrons. The van der Waals surface area contributed by atoms with Crippen molar-refractivity contribution in [3.8, 4) is 11.8 Å². The maximum absolute atomic E-state index is 14.5. The van der Waals surface area contributed by atoms with Gasteiger partial charge in [-0.3, -0.25) is 4.79 Å². The Bertz CT molecular complexity index is 1330. The fourth-order valence-corrected chi connectivity index (χ4v) is 2.75. The van der Waals surface area contributed by atoms with Crippen molar-refractivity contribution in [3.63, 3.8) is 0 Å². The molecule has 0 saturated heterocycles. The number of carbonyl (C=O) groups is 1. The SMILES string of the molecule is COC(=O)c1cn(-c2c(F)c(F)c(C#N)c(F)c2F)c2c(F)c(F)c(F)cc2c1=O. The lowest BCUT2D eigenvalue weighted by Crippen LogP contribution is -2.22. The van der Waals surface area contributed by atoms with Gasteiger partial charge in [0.15, 0.2) is 40.7 Å². The zero-order valence-corrected chi connectivity index (χ0v) is 14.4. The molecule has 0 aliphatic carbocycles. The third-order valence-electron chi connectivity index (χ3n) is 4.12. The second kappa shape index (κ2) is 7.18. The van der Waals surface area contributed by atoms with E-state index in [4.69, 9.17) is 5.26 Å². The number of carbonyl (C=O) groups excluding carboxylic acids is 1. The van der Waals surface area contributed by atoms with Crippen molar-refractivity contribution < 1.29 is 40.3 Å². The molecule has 3 rings (SSSR count). The van der Waals surface area contributed by atoms with Gasteiger partial charge in [-0.15, -0.1) is 0 Å². The molecule has 5 nitrogen and oxygen atoms in total. The number of pyridine rings is 1. The summed E-state index contributed by atoms with van der Waals surface area (Å²) in [4.78, 5) is 24.2. The zero-order valence-electron chi connectivity index (χ0n) is 14.4. The van der Waals surface area contributed by atoms with Gasteiger partial charge in [0.25, 0.3) is 0 Å². The van der Waals surface area contributed by atoms with Crippen molar-refractivity contribution in [1.82, 2.24) is 4.57 Å². The van der Waals surface area contributed by atoms with E-state index in [2.05, 4.69) is 4.74 Å². The van der Waals surface area contributed by atoms with Crippen LogP contribution in [0.1, 0.15) is 15.9 Å². The number of aromatic nitrogens is 1. The van der Waals surface area contributed by atoms with E-state index in [1.165, 1.54) is 0 Å². The Morgan fingerprint density at radius 2 is 1.53 bits per heavy atom. The number of nitriles is 1. The van der Waals surface area contributed by atoms with Crippen LogP contribution < -0.4 is 5.43 Å². The maximum atomic E-state index is 14.5. The first-order chi connectivity index (χ1) is 14.1. The first kappa shape index (κ1) is 20.8. The standard InChI is InChI=1S/C18H5F7N2O3/c1-30-18(29)7-4-27(15-5(17(7)28)2-8(19)11(22)14(15)25)16-12(23)9(20)6(3-26)10(21)13(16)24/h2,4H,1H3. The average Bonchev–Trinajstić information content (AvgIpc) is 2.72. The molecule has 0 bridgehead atoms. The number of rotatable bonds is 2. The van der Waals surface area contributed by atoms with E-state index >= 15 is 0 Å². The van der Waals surface area contributed by atoms with E-state index < -0.39 is 79.8 Å². The second-order valence-corrected chi connectivity index (χ2v) is 5.71. The summed E-state index contributed by atoms with van der Waals surface area (Å²) in [5.41, 5.74) is -7.16. The third kappa shape index (κ3) is 2.78. The minimum absolute atomic E-state index is 0.0845. The summed E-state index contributed by atoms with van der Waals surface area (Å²) in [5, 5.41) is 7.57. The zero-order chi connectivity index (χ0) is 22.5. The van der Waals surface area contributed by atoms with Crippen LogP contribution in [0, 0.1) is 52.1 Å². The summed E-state index contributed by atoms with van der Waals surface area (Å²) in [5.74, 6) is -16.4. The molecule has 1 heterocycles. The van der Waals surface area contributed by atoms with E-state index in [9.17, 15) is 40.3 Å². The van der Waals surface area contributed by atoms with Crippen LogP contribution in [-0.4, -0.2) is 17.6 Å². The van der Waals surface area contributed by atoms with Gasteiger partial charge in [0.1, 0.15) is 22.9 Å². The first-order valence-electron chi connectivity index (χ1n) is 7.64. The Morgan fingerprint density at radius 1 is 0.967 bits per heavy atom. The monoisotopic (exact) mass is 430 g/mol. The maximum Gasteiger partial charge on any atom is 0.343 e. The molecule has 0 atom stereocenters. The topological polar surface area (TPSA) is 72.1 Å². The van der Waals surface area contributed by atoms with E-state index in [1.54, 1.807) is 0 Å². The van der Waals surface area contributed by atoms with Crippen molar-refractivity contribution >= 4 is 16.9 Å². The Hall–Kier alpha value is -3.88. The van der Waals surface area contributed by atoms with Crippen LogP contribution in [0.5, 0.6) is 0 Å². The molecule has 0 saturated carbocycles. The third-order valence-corrected chi connectivity index (χ3v) is 4.12. The molecular weight excluding hydrogens is 425 g/mol. The molecular formula is C18H5F7N2O3. The van der Waals surface area contributed by atoms with Crippen molar-refractivity contribution in [2.75, 3.05) is 7.11 Å². The predicted octanol–water partition coefficient (Wildman–Crippen LogP) is 3.62. The summed E-state index contributed by atoms with van der Waals surface area (Å²) in [7, 11) is 0.796. The normalized spacial score (nSPS) is 10.9. The first-order valence-corrected chi connectivity index (χ1v) is 7.64. The summed E-state index contributed by atoms with van der Waals surface area (Å²) >= 11 is 0. The molecule has 12 heteroatoms. The smallest absolute Gasteiger partial charge is 0.343 e. The number of halogens is 7. The molecule has 154 valence electrons. The van der Waals surface area contributed by atoms with Crippen molar-refractivity contribution in [3.05, 3.63) is 74.3 Å². The Kier molecular flexibility index (Phi) is 4.99. The van der Waals surface area contributed by atoms with Gasteiger partial charge in [0, 0.05) is 6.20 Å². The van der Waals surface area contributed by atoms with Gasteiger partial charge in [-0.2, -0.15) is 5.26 Å². The lowest BCUT2D eigenvalue weighted by Gasteiger charge is -2.16. The second-order valence-electron chi connectivity index (χ2n) is 5.71. The summed E-state index contributed by atoms with van der Waals surface area (Å²) in [6, 6.07) is 1.02. The number of hydrogen-bond acceptors (Lipinski definition) is 4. The molecule has 30 heavy (non-hydrogen) atoms. The predicted molar refractivity (Wildman–Crippen MR) is 85.3 cm³/mol. The van der Waals surface area contributed by atoms with Crippen LogP contribution in [-0.2, 0) is 4.74 Å². The lowest BCUT2D eigenvalue weighted by atomic mass is 10.1. The number of methoxy groups -OCH3 is 1. The van der Waals surface area contributed by atoms with E-state index in [0.717, 1.165) is 13.2 Å². The van der Waals surface area contributed by atoms with Crippen LogP contribution in [0.4, 0.5) is 30.7 Å². The van der Waals surface area contributed by atoms with E-state index in [1.807, 2.05) is 0 Å². The molecule has 0 unspecified atom stereocenters. The highest BCUT2D eigenvalue weighted by Gasteiger charge is 2.30. The van der Waals surface area contributed by atoms with Crippen molar-refractivity contribution in [1.29, 1.82) is 5.26 Å². The molecule has 0 N–H and O–H groups in total. The van der Waals surface area contributed by atoms with Crippen LogP contribution in [0.25, 0.3) is 16.6 Å². The quantitative estimate of drug-likeness (QED) is 0.270. The molecule has 0 amide bonds. The number of hydrogen-bond donors (Lipinski definition) is 0. The molecule has 0 spiro atoms. The molecule has 1 aromatic heterocycles. The van der Waals surface area contributed by atoms with Crippen molar-refractivity contribution in [2.45, 2.75) is 0 Å². The summed E-state index contributed by atoms with van der Waals surface area (Å²) < 4.78 is 103. The fourth-order valence-electron chi connectivity index (χ4n) is 2.75. The molecule has 3 aromatic rings. The van der Waals surface area contributed by atoms with Crippen LogP contribution in [0.2, 0.25) is 0 Å². The summed E-state index contributed by atoms with van der Waals surface area (Å²) in [6.45, 7) is 0. The lowest BCUT2D eigenvalue weighted by molar-refractivity contribution is 0.0598. The van der Waals surface area contributed by atoms with Crippen LogP contribution >= 0.6 is 0 Å². The van der Waals surface area contributed by atoms with Gasteiger partial charge >= 0.3 is 5.97 Å². The highest BCUT2D eigenvalue weighted by atomic mass is 19.2. The minimum Gasteiger partial charge on any atom is -0.465 e. The van der Waals surface area contributed by atoms with Gasteiger partial charge in [-0.25, -0.2) is 35.5 Å². The number of esters is 1. The van der Waals surface area contributed by atoms with Gasteiger partial charge in [-0.1, -0.05) is 0 Å². The van der Waals surface area contributed by atoms with Crippen LogP contribution in [0.15, 0.2) is 17.1 Å². The summed E-state index contributed by atoms with van der Waals surface area (Å²) in [6.07, 6.45) is 0.239. The Balaban J connectivity index is 2.66. The highest BCUT2D eigenvalue weighted by molar-refractivity contribution is 5.94. The average molecular weight is 430 g/mol. The van der Waals surface area contributed by atoms with Gasteiger partial charge in [-0.05, 0) is 6.07 Å². The number of fused-ring (bicyclic) bond motifs is 1. The minimum atomic E-state index is -2.23. The molecule has 0 aliphatic heterocycles. The van der Waals surface area contributed by atoms with Gasteiger partial charge in [0.05, 0.1) is 18.0 Å². The van der Waals surface area contributed by atoms with Gasteiger partial charge < -0.3 is 9.30 Å². The number of ether oxygens (including phenoxy) is 1. The Labute approximate surface area is 161 Å². The molecule has 0 fully saturated rings. The molecule has 2 aromatic carbocycles. The highest BCUT2D eigenvalue weighted by Crippen LogP contribution is 2.31. The number of nitrogens with zero attached hydrogens (tertiary/aromatic N) is 2. The number of benzene rings is 2. The fraction of sp³-hybridized carbons (Fsp3) is 0.0556.